The lowest BCUT2D eigenvalue weighted by Gasteiger charge is -2.20. The largest absolute Gasteiger partial charge is 0.148 e. The van der Waals surface area contributed by atoms with E-state index >= 15 is 0 Å². The van der Waals surface area contributed by atoms with Gasteiger partial charge in [-0.05, 0) is 24.3 Å². The van der Waals surface area contributed by atoms with E-state index in [1.807, 2.05) is 0 Å². The predicted octanol–water partition coefficient (Wildman–Crippen LogP) is 5.32. The monoisotopic (exact) mass is 246 g/mol. The van der Waals surface area contributed by atoms with Crippen molar-refractivity contribution >= 4 is 23.5 Å². The Balaban J connectivity index is 1.79. The van der Waals surface area contributed by atoms with Crippen LogP contribution >= 0.6 is 23.5 Å². The van der Waals surface area contributed by atoms with Gasteiger partial charge in [0.05, 0.1) is 4.58 Å². The van der Waals surface area contributed by atoms with Gasteiger partial charge in [0.25, 0.3) is 0 Å². The van der Waals surface area contributed by atoms with Gasteiger partial charge in [0.2, 0.25) is 0 Å². The molecule has 1 aliphatic heterocycles. The molecule has 0 N–H and O–H groups in total. The normalized spacial score (nSPS) is 18.2. The van der Waals surface area contributed by atoms with Crippen LogP contribution in [-0.4, -0.2) is 16.1 Å². The lowest BCUT2D eigenvalue weighted by molar-refractivity contribution is 0.583. The van der Waals surface area contributed by atoms with E-state index in [9.17, 15) is 0 Å². The molecule has 0 aromatic carbocycles. The molecule has 1 heterocycles. The number of rotatable bonds is 8. The highest BCUT2D eigenvalue weighted by atomic mass is 32.2. The van der Waals surface area contributed by atoms with E-state index < -0.39 is 0 Å². The summed E-state index contributed by atoms with van der Waals surface area (Å²) in [5.74, 6) is 2.82. The molecule has 90 valence electrons. The Hall–Kier alpha value is 0.700. The van der Waals surface area contributed by atoms with Crippen LogP contribution in [0.1, 0.15) is 64.7 Å². The number of thioether (sulfide) groups is 2. The van der Waals surface area contributed by atoms with Crippen molar-refractivity contribution < 1.29 is 0 Å². The molecule has 1 saturated heterocycles. The SMILES string of the molecule is CCCCCCCCCC1SCCCS1. The van der Waals surface area contributed by atoms with Crippen molar-refractivity contribution in [2.24, 2.45) is 0 Å². The van der Waals surface area contributed by atoms with Gasteiger partial charge in [0, 0.05) is 0 Å². The second-order valence-corrected chi connectivity index (χ2v) is 7.35. The first-order valence-electron chi connectivity index (χ1n) is 6.66. The van der Waals surface area contributed by atoms with Crippen LogP contribution in [0.3, 0.4) is 0 Å². The minimum absolute atomic E-state index is 0.939. The summed E-state index contributed by atoms with van der Waals surface area (Å²) in [6.45, 7) is 2.29. The topological polar surface area (TPSA) is 0 Å². The van der Waals surface area contributed by atoms with Crippen molar-refractivity contribution in [1.82, 2.24) is 0 Å². The van der Waals surface area contributed by atoms with Gasteiger partial charge < -0.3 is 0 Å². The van der Waals surface area contributed by atoms with Crippen molar-refractivity contribution in [1.29, 1.82) is 0 Å². The van der Waals surface area contributed by atoms with Gasteiger partial charge >= 0.3 is 0 Å². The van der Waals surface area contributed by atoms with Gasteiger partial charge in [0.1, 0.15) is 0 Å². The van der Waals surface area contributed by atoms with Gasteiger partial charge in [-0.3, -0.25) is 0 Å². The predicted molar refractivity (Wildman–Crippen MR) is 75.9 cm³/mol. The first-order chi connectivity index (χ1) is 7.43. The van der Waals surface area contributed by atoms with Crippen LogP contribution in [0.5, 0.6) is 0 Å². The highest BCUT2D eigenvalue weighted by Gasteiger charge is 2.13. The lowest BCUT2D eigenvalue weighted by atomic mass is 10.1. The Bertz CT molecular complexity index is 130. The summed E-state index contributed by atoms with van der Waals surface area (Å²) in [6, 6.07) is 0. The number of hydrogen-bond acceptors (Lipinski definition) is 2. The minimum atomic E-state index is 0.939. The highest BCUT2D eigenvalue weighted by molar-refractivity contribution is 8.17. The fourth-order valence-corrected chi connectivity index (χ4v) is 4.93. The molecule has 0 bridgehead atoms. The highest BCUT2D eigenvalue weighted by Crippen LogP contribution is 2.34. The summed E-state index contributed by atoms with van der Waals surface area (Å²) in [5.41, 5.74) is 0. The fourth-order valence-electron chi connectivity index (χ4n) is 1.97. The first kappa shape index (κ1) is 13.8. The summed E-state index contributed by atoms with van der Waals surface area (Å²) in [6.07, 6.45) is 13.1. The molecule has 1 fully saturated rings. The second kappa shape index (κ2) is 9.89. The van der Waals surface area contributed by atoms with Crippen molar-refractivity contribution in [3.05, 3.63) is 0 Å². The average Bonchev–Trinajstić information content (AvgIpc) is 2.29. The van der Waals surface area contributed by atoms with Crippen molar-refractivity contribution in [2.45, 2.75) is 69.3 Å². The van der Waals surface area contributed by atoms with E-state index in [4.69, 9.17) is 0 Å². The van der Waals surface area contributed by atoms with Gasteiger partial charge in [-0.2, -0.15) is 0 Å². The van der Waals surface area contributed by atoms with Gasteiger partial charge in [-0.15, -0.1) is 23.5 Å². The zero-order valence-electron chi connectivity index (χ0n) is 10.2. The molecular formula is C13H26S2. The molecule has 0 aromatic heterocycles. The maximum atomic E-state index is 2.29. The van der Waals surface area contributed by atoms with Crippen LogP contribution in [0.25, 0.3) is 0 Å². The molecule has 0 spiro atoms. The van der Waals surface area contributed by atoms with Gasteiger partial charge in [-0.25, -0.2) is 0 Å². The summed E-state index contributed by atoms with van der Waals surface area (Å²) < 4.78 is 0.939. The molecule has 0 aliphatic carbocycles. The molecular weight excluding hydrogens is 220 g/mol. The summed E-state index contributed by atoms with van der Waals surface area (Å²) in [4.78, 5) is 0. The molecule has 0 radical (unpaired) electrons. The van der Waals surface area contributed by atoms with Crippen molar-refractivity contribution in [2.75, 3.05) is 11.5 Å². The molecule has 15 heavy (non-hydrogen) atoms. The lowest BCUT2D eigenvalue weighted by Crippen LogP contribution is -2.06. The molecule has 0 nitrogen and oxygen atoms in total. The van der Waals surface area contributed by atoms with E-state index in [1.165, 1.54) is 69.3 Å². The third-order valence-electron chi connectivity index (χ3n) is 2.94. The molecule has 0 atom stereocenters. The standard InChI is InChI=1S/C13H26S2/c1-2-3-4-5-6-7-8-10-13-14-11-9-12-15-13/h13H,2-12H2,1H3. The molecule has 0 unspecified atom stereocenters. The number of hydrogen-bond donors (Lipinski definition) is 0. The van der Waals surface area contributed by atoms with Gasteiger partial charge in [-0.1, -0.05) is 51.9 Å². The summed E-state index contributed by atoms with van der Waals surface area (Å²) in [5, 5.41) is 0. The zero-order valence-corrected chi connectivity index (χ0v) is 11.8. The van der Waals surface area contributed by atoms with Crippen LogP contribution in [0, 0.1) is 0 Å². The van der Waals surface area contributed by atoms with Crippen molar-refractivity contribution in [3.63, 3.8) is 0 Å². The van der Waals surface area contributed by atoms with Gasteiger partial charge in [0.15, 0.2) is 0 Å². The Labute approximate surface area is 104 Å². The smallest absolute Gasteiger partial charge is 0.0502 e. The quantitative estimate of drug-likeness (QED) is 0.531. The first-order valence-corrected chi connectivity index (χ1v) is 8.76. The Morgan fingerprint density at radius 2 is 1.47 bits per heavy atom. The zero-order chi connectivity index (χ0) is 10.8. The van der Waals surface area contributed by atoms with Crippen LogP contribution < -0.4 is 0 Å². The van der Waals surface area contributed by atoms with Crippen LogP contribution in [0.15, 0.2) is 0 Å². The Kier molecular flexibility index (Phi) is 9.08. The fraction of sp³-hybridized carbons (Fsp3) is 1.00. The Morgan fingerprint density at radius 3 is 2.13 bits per heavy atom. The molecule has 0 amide bonds. The third kappa shape index (κ3) is 7.57. The van der Waals surface area contributed by atoms with E-state index in [2.05, 4.69) is 30.4 Å². The van der Waals surface area contributed by atoms with Crippen LogP contribution in [0.4, 0.5) is 0 Å². The summed E-state index contributed by atoms with van der Waals surface area (Å²) in [7, 11) is 0. The molecule has 1 aliphatic rings. The molecule has 1 rings (SSSR count). The van der Waals surface area contributed by atoms with Crippen molar-refractivity contribution in [3.8, 4) is 0 Å². The van der Waals surface area contributed by atoms with E-state index in [-0.39, 0.29) is 0 Å². The average molecular weight is 246 g/mol. The molecule has 0 saturated carbocycles. The Morgan fingerprint density at radius 1 is 0.867 bits per heavy atom. The number of unbranched alkanes of at least 4 members (excludes halogenated alkanes) is 6. The third-order valence-corrected chi connectivity index (χ3v) is 6.02. The van der Waals surface area contributed by atoms with E-state index in [1.54, 1.807) is 0 Å². The molecule has 2 heteroatoms. The van der Waals surface area contributed by atoms with E-state index in [0.717, 1.165) is 4.58 Å². The van der Waals surface area contributed by atoms with Crippen LogP contribution in [0.2, 0.25) is 0 Å². The second-order valence-electron chi connectivity index (χ2n) is 4.43. The molecule has 0 aromatic rings. The maximum absolute atomic E-state index is 2.29. The summed E-state index contributed by atoms with van der Waals surface area (Å²) >= 11 is 4.40. The maximum Gasteiger partial charge on any atom is 0.0502 e. The minimum Gasteiger partial charge on any atom is -0.148 e. The van der Waals surface area contributed by atoms with Crippen LogP contribution in [-0.2, 0) is 0 Å². The van der Waals surface area contributed by atoms with E-state index in [0.29, 0.717) is 0 Å².